The summed E-state index contributed by atoms with van der Waals surface area (Å²) in [4.78, 5) is 21.0. The molecule has 5 nitrogen and oxygen atoms in total. The van der Waals surface area contributed by atoms with E-state index in [1.54, 1.807) is 13.8 Å². The molecular formula is C7H14N2O3S. The largest absolute Gasteiger partial charge is 0.480 e. The Balaban J connectivity index is 4.21. The number of hydrogen-bond donors (Lipinski definition) is 3. The van der Waals surface area contributed by atoms with Crippen molar-refractivity contribution in [2.45, 2.75) is 24.6 Å². The van der Waals surface area contributed by atoms with Gasteiger partial charge in [-0.15, -0.1) is 11.8 Å². The molecule has 0 rings (SSSR count). The molecule has 0 aliphatic heterocycles. The second kappa shape index (κ2) is 4.48. The Morgan fingerprint density at radius 3 is 2.31 bits per heavy atom. The van der Waals surface area contributed by atoms with E-state index < -0.39 is 22.7 Å². The van der Waals surface area contributed by atoms with E-state index in [1.165, 1.54) is 0 Å². The van der Waals surface area contributed by atoms with Gasteiger partial charge in [0.05, 0.1) is 5.75 Å². The molecule has 76 valence electrons. The van der Waals surface area contributed by atoms with Crippen LogP contribution in [0.3, 0.4) is 0 Å². The summed E-state index contributed by atoms with van der Waals surface area (Å²) in [5, 5.41) is 8.63. The summed E-state index contributed by atoms with van der Waals surface area (Å²) < 4.78 is -0.694. The fourth-order valence-electron chi connectivity index (χ4n) is 0.644. The number of carbonyl (C=O) groups is 2. The van der Waals surface area contributed by atoms with Gasteiger partial charge in [0.2, 0.25) is 5.91 Å². The number of carbonyl (C=O) groups excluding carboxylic acids is 1. The van der Waals surface area contributed by atoms with Gasteiger partial charge in [-0.1, -0.05) is 0 Å². The lowest BCUT2D eigenvalue weighted by Gasteiger charge is -2.27. The number of amides is 1. The van der Waals surface area contributed by atoms with Gasteiger partial charge in [-0.25, -0.2) is 0 Å². The first-order valence-corrected chi connectivity index (χ1v) is 4.66. The summed E-state index contributed by atoms with van der Waals surface area (Å²) >= 11 is 1.14. The highest BCUT2D eigenvalue weighted by atomic mass is 32.2. The van der Waals surface area contributed by atoms with E-state index in [0.717, 1.165) is 11.8 Å². The minimum Gasteiger partial charge on any atom is -0.480 e. The average Bonchev–Trinajstić information content (AvgIpc) is 1.99. The predicted octanol–water partition coefficient (Wildman–Crippen LogP) is -0.605. The highest BCUT2D eigenvalue weighted by Gasteiger charge is 2.32. The Labute approximate surface area is 80.8 Å². The summed E-state index contributed by atoms with van der Waals surface area (Å²) in [6.07, 6.45) is 0. The molecule has 0 aliphatic rings. The van der Waals surface area contributed by atoms with E-state index in [2.05, 4.69) is 0 Å². The lowest BCUT2D eigenvalue weighted by atomic mass is 10.1. The monoisotopic (exact) mass is 206 g/mol. The maximum atomic E-state index is 10.5. The minimum absolute atomic E-state index is 0.0774. The number of carboxylic acids is 1. The summed E-state index contributed by atoms with van der Waals surface area (Å²) in [6.45, 7) is 3.33. The van der Waals surface area contributed by atoms with Gasteiger partial charge in [-0.05, 0) is 13.8 Å². The molecule has 0 unspecified atom stereocenters. The number of nitrogens with two attached hydrogens (primary N) is 2. The molecule has 0 saturated heterocycles. The molecule has 13 heavy (non-hydrogen) atoms. The first-order chi connectivity index (χ1) is 5.77. The Bertz CT molecular complexity index is 218. The normalized spacial score (nSPS) is 13.8. The molecule has 0 aromatic rings. The van der Waals surface area contributed by atoms with Crippen LogP contribution in [0.25, 0.3) is 0 Å². The van der Waals surface area contributed by atoms with Gasteiger partial charge in [0.1, 0.15) is 6.04 Å². The third-order valence-corrected chi connectivity index (χ3v) is 3.03. The lowest BCUT2D eigenvalue weighted by Crippen LogP contribution is -2.47. The maximum absolute atomic E-state index is 10.5. The molecule has 6 heteroatoms. The molecule has 0 radical (unpaired) electrons. The zero-order valence-corrected chi connectivity index (χ0v) is 8.43. The minimum atomic E-state index is -1.08. The van der Waals surface area contributed by atoms with E-state index in [4.69, 9.17) is 16.6 Å². The van der Waals surface area contributed by atoms with Crippen molar-refractivity contribution in [2.24, 2.45) is 11.5 Å². The molecule has 5 N–H and O–H groups in total. The molecule has 1 atom stereocenters. The van der Waals surface area contributed by atoms with Crippen LogP contribution < -0.4 is 11.5 Å². The third kappa shape index (κ3) is 4.14. The van der Waals surface area contributed by atoms with Gasteiger partial charge in [-0.2, -0.15) is 0 Å². The number of carboxylic acid groups (broad SMARTS) is 1. The lowest BCUT2D eigenvalue weighted by molar-refractivity contribution is -0.139. The summed E-state index contributed by atoms with van der Waals surface area (Å²) in [7, 11) is 0. The maximum Gasteiger partial charge on any atom is 0.321 e. The SMILES string of the molecule is CC(C)(SCC(N)=O)[C@@H](N)C(=O)O. The number of primary amides is 1. The van der Waals surface area contributed by atoms with Crippen molar-refractivity contribution in [2.75, 3.05) is 5.75 Å². The van der Waals surface area contributed by atoms with Crippen LogP contribution in [0.2, 0.25) is 0 Å². The second-order valence-corrected chi connectivity index (χ2v) is 4.80. The summed E-state index contributed by atoms with van der Waals surface area (Å²) in [5.41, 5.74) is 10.3. The van der Waals surface area contributed by atoms with E-state index >= 15 is 0 Å². The molecule has 0 aromatic carbocycles. The van der Waals surface area contributed by atoms with Crippen LogP contribution in [0.4, 0.5) is 0 Å². The molecule has 0 saturated carbocycles. The van der Waals surface area contributed by atoms with Crippen molar-refractivity contribution in [3.63, 3.8) is 0 Å². The number of thioether (sulfide) groups is 1. The van der Waals surface area contributed by atoms with Gasteiger partial charge in [0.25, 0.3) is 0 Å². The number of rotatable bonds is 5. The van der Waals surface area contributed by atoms with Crippen molar-refractivity contribution in [1.82, 2.24) is 0 Å². The molecular weight excluding hydrogens is 192 g/mol. The third-order valence-electron chi connectivity index (χ3n) is 1.60. The molecule has 0 fully saturated rings. The summed E-state index contributed by atoms with van der Waals surface area (Å²) in [5.74, 6) is -1.48. The molecule has 0 bridgehead atoms. The molecule has 0 heterocycles. The highest BCUT2D eigenvalue weighted by molar-refractivity contribution is 8.01. The van der Waals surface area contributed by atoms with Crippen LogP contribution in [-0.4, -0.2) is 33.5 Å². The zero-order chi connectivity index (χ0) is 10.6. The number of aliphatic carboxylic acids is 1. The van der Waals surface area contributed by atoms with Crippen LogP contribution in [0, 0.1) is 0 Å². The molecule has 0 aliphatic carbocycles. The van der Waals surface area contributed by atoms with E-state index in [9.17, 15) is 9.59 Å². The first-order valence-electron chi connectivity index (χ1n) is 3.68. The van der Waals surface area contributed by atoms with Gasteiger partial charge in [0, 0.05) is 4.75 Å². The van der Waals surface area contributed by atoms with Gasteiger partial charge < -0.3 is 16.6 Å². The Morgan fingerprint density at radius 2 is 2.00 bits per heavy atom. The van der Waals surface area contributed by atoms with Crippen molar-refractivity contribution < 1.29 is 14.7 Å². The Kier molecular flexibility index (Phi) is 4.22. The van der Waals surface area contributed by atoms with Crippen LogP contribution in [0.5, 0.6) is 0 Å². The van der Waals surface area contributed by atoms with E-state index in [0.29, 0.717) is 0 Å². The quantitative estimate of drug-likeness (QED) is 0.556. The number of hydrogen-bond acceptors (Lipinski definition) is 4. The van der Waals surface area contributed by atoms with Crippen molar-refractivity contribution >= 4 is 23.6 Å². The smallest absolute Gasteiger partial charge is 0.321 e. The Hall–Kier alpha value is -0.750. The fourth-order valence-corrected chi connectivity index (χ4v) is 1.44. The Morgan fingerprint density at radius 1 is 1.54 bits per heavy atom. The van der Waals surface area contributed by atoms with Crippen molar-refractivity contribution in [3.8, 4) is 0 Å². The molecule has 0 aromatic heterocycles. The van der Waals surface area contributed by atoms with Crippen LogP contribution >= 0.6 is 11.8 Å². The highest BCUT2D eigenvalue weighted by Crippen LogP contribution is 2.26. The van der Waals surface area contributed by atoms with Crippen LogP contribution in [0.1, 0.15) is 13.8 Å². The molecule has 1 amide bonds. The predicted molar refractivity (Wildman–Crippen MR) is 51.3 cm³/mol. The van der Waals surface area contributed by atoms with Crippen LogP contribution in [0.15, 0.2) is 0 Å². The summed E-state index contributed by atoms with van der Waals surface area (Å²) in [6, 6.07) is -1.00. The molecule has 0 spiro atoms. The van der Waals surface area contributed by atoms with Crippen LogP contribution in [-0.2, 0) is 9.59 Å². The zero-order valence-electron chi connectivity index (χ0n) is 7.61. The van der Waals surface area contributed by atoms with E-state index in [1.807, 2.05) is 0 Å². The van der Waals surface area contributed by atoms with Gasteiger partial charge >= 0.3 is 5.97 Å². The second-order valence-electron chi connectivity index (χ2n) is 3.17. The first kappa shape index (κ1) is 12.2. The van der Waals surface area contributed by atoms with E-state index in [-0.39, 0.29) is 5.75 Å². The van der Waals surface area contributed by atoms with Crippen molar-refractivity contribution in [3.05, 3.63) is 0 Å². The average molecular weight is 206 g/mol. The van der Waals surface area contributed by atoms with Gasteiger partial charge in [0.15, 0.2) is 0 Å². The standard InChI is InChI=1S/C7H14N2O3S/c1-7(2,5(9)6(11)12)13-3-4(8)10/h5H,3,9H2,1-2H3,(H2,8,10)(H,11,12)/t5-/m0/s1. The van der Waals surface area contributed by atoms with Crippen molar-refractivity contribution in [1.29, 1.82) is 0 Å². The fraction of sp³-hybridized carbons (Fsp3) is 0.714. The van der Waals surface area contributed by atoms with Gasteiger partial charge in [-0.3, -0.25) is 9.59 Å². The topological polar surface area (TPSA) is 106 Å².